The smallest absolute Gasteiger partial charge is 0.233 e. The molecule has 27 heavy (non-hydrogen) atoms. The van der Waals surface area contributed by atoms with Gasteiger partial charge in [-0.3, -0.25) is 0 Å². The molecular weight excluding hydrogens is 362 g/mol. The van der Waals surface area contributed by atoms with Gasteiger partial charge in [0.15, 0.2) is 0 Å². The van der Waals surface area contributed by atoms with Crippen molar-refractivity contribution < 1.29 is 14.6 Å². The Bertz CT molecular complexity index is 806. The van der Waals surface area contributed by atoms with Crippen molar-refractivity contribution in [1.29, 1.82) is 0 Å². The predicted octanol–water partition coefficient (Wildman–Crippen LogP) is 5.25. The molecule has 0 fully saturated rings. The van der Waals surface area contributed by atoms with Crippen LogP contribution < -0.4 is 10.1 Å². The van der Waals surface area contributed by atoms with Crippen molar-refractivity contribution in [3.8, 4) is 11.5 Å². The van der Waals surface area contributed by atoms with Crippen LogP contribution >= 0.6 is 11.6 Å². The zero-order valence-corrected chi connectivity index (χ0v) is 16.6. The molecule has 1 aliphatic heterocycles. The van der Waals surface area contributed by atoms with E-state index in [9.17, 15) is 5.11 Å². The number of ether oxygens (including phenoxy) is 2. The average Bonchev–Trinajstić information content (AvgIpc) is 3.00. The van der Waals surface area contributed by atoms with Crippen molar-refractivity contribution in [3.63, 3.8) is 0 Å². The normalized spacial score (nSPS) is 18.9. The minimum atomic E-state index is -0.922. The summed E-state index contributed by atoms with van der Waals surface area (Å²) in [6.07, 6.45) is 2.69. The maximum absolute atomic E-state index is 10.3. The topological polar surface area (TPSA) is 50.7 Å². The lowest BCUT2D eigenvalue weighted by Crippen LogP contribution is -2.40. The standard InChI is InChI=1S/C22H26ClNO3/c1-3-4-12-26-20-14-18(13-19(25)15-20)22(17-8-6-5-7-9-17)24-21(10-11-23)16(2)27-22/h5-9,13-15,24-25H,3-4,10-12H2,1-2H3. The SMILES string of the molecule is CCCCOc1cc(O)cc(C2(c3ccccc3)NC(CCCl)=C(C)O2)c1. The number of halogens is 1. The van der Waals surface area contributed by atoms with Crippen molar-refractivity contribution in [3.05, 3.63) is 71.1 Å². The molecule has 3 rings (SSSR count). The fraction of sp³-hybridized carbons (Fsp3) is 0.364. The highest BCUT2D eigenvalue weighted by molar-refractivity contribution is 6.18. The van der Waals surface area contributed by atoms with Gasteiger partial charge in [-0.2, -0.15) is 0 Å². The van der Waals surface area contributed by atoms with Gasteiger partial charge in [-0.25, -0.2) is 0 Å². The number of allylic oxidation sites excluding steroid dienone is 2. The van der Waals surface area contributed by atoms with Gasteiger partial charge in [-0.1, -0.05) is 43.7 Å². The van der Waals surface area contributed by atoms with Crippen molar-refractivity contribution in [2.75, 3.05) is 12.5 Å². The summed E-state index contributed by atoms with van der Waals surface area (Å²) in [5.41, 5.74) is 1.77. The number of phenolic OH excluding ortho intramolecular Hbond substituents is 1. The minimum Gasteiger partial charge on any atom is -0.508 e. The van der Waals surface area contributed by atoms with Crippen molar-refractivity contribution >= 4 is 11.6 Å². The van der Waals surface area contributed by atoms with E-state index in [0.29, 0.717) is 24.7 Å². The van der Waals surface area contributed by atoms with Crippen LogP contribution in [0.3, 0.4) is 0 Å². The molecule has 1 atom stereocenters. The van der Waals surface area contributed by atoms with Crippen molar-refractivity contribution in [2.45, 2.75) is 38.8 Å². The largest absolute Gasteiger partial charge is 0.508 e. The van der Waals surface area contributed by atoms with Crippen LogP contribution in [0.4, 0.5) is 0 Å². The molecule has 0 aromatic heterocycles. The van der Waals surface area contributed by atoms with E-state index in [1.54, 1.807) is 12.1 Å². The zero-order chi connectivity index (χ0) is 19.3. The van der Waals surface area contributed by atoms with Gasteiger partial charge < -0.3 is 19.9 Å². The molecule has 2 N–H and O–H groups in total. The summed E-state index contributed by atoms with van der Waals surface area (Å²) in [5, 5.41) is 13.8. The summed E-state index contributed by atoms with van der Waals surface area (Å²) in [6, 6.07) is 15.2. The van der Waals surface area contributed by atoms with Gasteiger partial charge in [-0.15, -0.1) is 11.6 Å². The summed E-state index contributed by atoms with van der Waals surface area (Å²) in [7, 11) is 0. The number of hydrogen-bond acceptors (Lipinski definition) is 4. The Morgan fingerprint density at radius 1 is 1.15 bits per heavy atom. The Morgan fingerprint density at radius 2 is 1.93 bits per heavy atom. The number of unbranched alkanes of at least 4 members (excludes halogenated alkanes) is 1. The summed E-state index contributed by atoms with van der Waals surface area (Å²) in [4.78, 5) is 0. The number of nitrogens with one attached hydrogen (secondary N) is 1. The molecule has 0 aliphatic carbocycles. The number of rotatable bonds is 8. The zero-order valence-electron chi connectivity index (χ0n) is 15.8. The summed E-state index contributed by atoms with van der Waals surface area (Å²) >= 11 is 5.96. The maximum Gasteiger partial charge on any atom is 0.233 e. The van der Waals surface area contributed by atoms with Crippen LogP contribution in [0, 0.1) is 0 Å². The van der Waals surface area contributed by atoms with Crippen LogP contribution in [0.15, 0.2) is 60.0 Å². The molecule has 0 bridgehead atoms. The van der Waals surface area contributed by atoms with Crippen molar-refractivity contribution in [1.82, 2.24) is 5.32 Å². The second kappa shape index (κ2) is 8.57. The van der Waals surface area contributed by atoms with Gasteiger partial charge in [0.25, 0.3) is 0 Å². The van der Waals surface area contributed by atoms with Crippen LogP contribution in [-0.4, -0.2) is 17.6 Å². The van der Waals surface area contributed by atoms with Gasteiger partial charge in [0.05, 0.1) is 12.3 Å². The Balaban J connectivity index is 2.03. The fourth-order valence-corrected chi connectivity index (χ4v) is 3.45. The minimum absolute atomic E-state index is 0.142. The third-order valence-electron chi connectivity index (χ3n) is 4.65. The third-order valence-corrected chi connectivity index (χ3v) is 4.84. The highest BCUT2D eigenvalue weighted by Crippen LogP contribution is 2.42. The molecule has 1 aliphatic rings. The van der Waals surface area contributed by atoms with Crippen LogP contribution in [0.25, 0.3) is 0 Å². The van der Waals surface area contributed by atoms with E-state index in [-0.39, 0.29) is 5.75 Å². The first-order valence-corrected chi connectivity index (χ1v) is 9.88. The molecule has 144 valence electrons. The average molecular weight is 388 g/mol. The van der Waals surface area contributed by atoms with E-state index in [1.807, 2.05) is 43.3 Å². The lowest BCUT2D eigenvalue weighted by molar-refractivity contribution is 0.0428. The summed E-state index contributed by atoms with van der Waals surface area (Å²) in [5.74, 6) is 2.07. The van der Waals surface area contributed by atoms with Crippen molar-refractivity contribution in [2.24, 2.45) is 0 Å². The van der Waals surface area contributed by atoms with E-state index >= 15 is 0 Å². The van der Waals surface area contributed by atoms with E-state index in [1.165, 1.54) is 0 Å². The lowest BCUT2D eigenvalue weighted by Gasteiger charge is -2.32. The van der Waals surface area contributed by atoms with Gasteiger partial charge >= 0.3 is 0 Å². The number of phenols is 1. The highest BCUT2D eigenvalue weighted by Gasteiger charge is 2.43. The predicted molar refractivity (Wildman–Crippen MR) is 108 cm³/mol. The number of aromatic hydroxyl groups is 1. The van der Waals surface area contributed by atoms with E-state index in [4.69, 9.17) is 21.1 Å². The van der Waals surface area contributed by atoms with Gasteiger partial charge in [-0.05, 0) is 25.5 Å². The second-order valence-corrected chi connectivity index (χ2v) is 7.04. The number of alkyl halides is 1. The van der Waals surface area contributed by atoms with E-state index in [0.717, 1.165) is 35.4 Å². The quantitative estimate of drug-likeness (QED) is 0.479. The third kappa shape index (κ3) is 4.16. The maximum atomic E-state index is 10.3. The second-order valence-electron chi connectivity index (χ2n) is 6.67. The molecule has 4 nitrogen and oxygen atoms in total. The molecule has 0 amide bonds. The van der Waals surface area contributed by atoms with E-state index in [2.05, 4.69) is 12.2 Å². The molecule has 2 aromatic carbocycles. The molecule has 1 unspecified atom stereocenters. The molecule has 5 heteroatoms. The van der Waals surface area contributed by atoms with Crippen LogP contribution in [0.1, 0.15) is 44.2 Å². The Kier molecular flexibility index (Phi) is 6.17. The fourth-order valence-electron chi connectivity index (χ4n) is 3.26. The molecule has 0 saturated carbocycles. The Hall–Kier alpha value is -2.33. The van der Waals surface area contributed by atoms with Crippen LogP contribution in [0.2, 0.25) is 0 Å². The lowest BCUT2D eigenvalue weighted by atomic mass is 9.93. The first-order chi connectivity index (χ1) is 13.1. The van der Waals surface area contributed by atoms with Gasteiger partial charge in [0.1, 0.15) is 17.3 Å². The van der Waals surface area contributed by atoms with Crippen LogP contribution in [-0.2, 0) is 10.5 Å². The monoisotopic (exact) mass is 387 g/mol. The number of benzene rings is 2. The first kappa shape index (κ1) is 19.4. The summed E-state index contributed by atoms with van der Waals surface area (Å²) in [6.45, 7) is 4.66. The van der Waals surface area contributed by atoms with E-state index < -0.39 is 5.72 Å². The first-order valence-electron chi connectivity index (χ1n) is 9.35. The molecule has 1 heterocycles. The Labute approximate surface area is 165 Å². The van der Waals surface area contributed by atoms with Crippen LogP contribution in [0.5, 0.6) is 11.5 Å². The molecular formula is C22H26ClNO3. The molecule has 2 aromatic rings. The van der Waals surface area contributed by atoms with Gasteiger partial charge in [0.2, 0.25) is 5.72 Å². The Morgan fingerprint density at radius 3 is 2.63 bits per heavy atom. The highest BCUT2D eigenvalue weighted by atomic mass is 35.5. The summed E-state index contributed by atoms with van der Waals surface area (Å²) < 4.78 is 12.2. The molecule has 0 radical (unpaired) electrons. The molecule has 0 saturated heterocycles. The molecule has 0 spiro atoms. The van der Waals surface area contributed by atoms with Gasteiger partial charge in [0, 0.05) is 29.5 Å². The number of hydrogen-bond donors (Lipinski definition) is 2.